The van der Waals surface area contributed by atoms with Gasteiger partial charge in [0.1, 0.15) is 5.82 Å². The molecular weight excluding hydrogens is 377 g/mol. The molecule has 2 heterocycles. The van der Waals surface area contributed by atoms with Crippen LogP contribution < -0.4 is 10.2 Å². The standard InChI is InChI=1S/C22H21ClFN3O/c1-14-9-20(18-10-17(24)7-8-19(18)26-14)27-12-22(13-27,21(28)25-2)11-15-3-5-16(23)6-4-15/h3-10H,11-13H2,1-2H3,(H,25,28). The number of benzene rings is 2. The van der Waals surface area contributed by atoms with Crippen LogP contribution in [0.3, 0.4) is 0 Å². The van der Waals surface area contributed by atoms with Gasteiger partial charge in [-0.25, -0.2) is 4.39 Å². The number of nitrogens with one attached hydrogen (secondary N) is 1. The van der Waals surface area contributed by atoms with Gasteiger partial charge in [-0.05, 0) is 55.3 Å². The van der Waals surface area contributed by atoms with Crippen LogP contribution in [0.2, 0.25) is 5.02 Å². The number of carbonyl (C=O) groups is 1. The lowest BCUT2D eigenvalue weighted by molar-refractivity contribution is -0.132. The van der Waals surface area contributed by atoms with Crippen molar-refractivity contribution in [1.29, 1.82) is 0 Å². The fourth-order valence-corrected chi connectivity index (χ4v) is 4.14. The molecule has 0 aliphatic carbocycles. The molecule has 4 rings (SSSR count). The summed E-state index contributed by atoms with van der Waals surface area (Å²) in [6.07, 6.45) is 0.622. The third kappa shape index (κ3) is 3.31. The van der Waals surface area contributed by atoms with E-state index in [4.69, 9.17) is 11.6 Å². The minimum absolute atomic E-state index is 0.0139. The van der Waals surface area contributed by atoms with Crippen LogP contribution in [0, 0.1) is 18.2 Å². The van der Waals surface area contributed by atoms with E-state index < -0.39 is 5.41 Å². The maximum absolute atomic E-state index is 13.8. The second-order valence-electron chi connectivity index (χ2n) is 7.46. The van der Waals surface area contributed by atoms with Crippen molar-refractivity contribution in [3.05, 3.63) is 70.6 Å². The largest absolute Gasteiger partial charge is 0.369 e. The zero-order valence-corrected chi connectivity index (χ0v) is 16.6. The van der Waals surface area contributed by atoms with Gasteiger partial charge < -0.3 is 10.2 Å². The predicted molar refractivity (Wildman–Crippen MR) is 110 cm³/mol. The van der Waals surface area contributed by atoms with Gasteiger partial charge in [-0.2, -0.15) is 0 Å². The lowest BCUT2D eigenvalue weighted by atomic mass is 9.73. The van der Waals surface area contributed by atoms with E-state index in [9.17, 15) is 9.18 Å². The van der Waals surface area contributed by atoms with Gasteiger partial charge in [0.25, 0.3) is 0 Å². The van der Waals surface area contributed by atoms with Crippen LogP contribution in [0.25, 0.3) is 10.9 Å². The molecule has 2 aromatic carbocycles. The summed E-state index contributed by atoms with van der Waals surface area (Å²) in [6, 6.07) is 14.2. The van der Waals surface area contributed by atoms with E-state index in [0.717, 1.165) is 27.8 Å². The van der Waals surface area contributed by atoms with Crippen LogP contribution >= 0.6 is 11.6 Å². The fraction of sp³-hybridized carbons (Fsp3) is 0.273. The highest BCUT2D eigenvalue weighted by Crippen LogP contribution is 2.40. The highest BCUT2D eigenvalue weighted by atomic mass is 35.5. The van der Waals surface area contributed by atoms with Crippen molar-refractivity contribution in [2.24, 2.45) is 5.41 Å². The maximum Gasteiger partial charge on any atom is 0.229 e. The zero-order chi connectivity index (χ0) is 19.9. The Bertz CT molecular complexity index is 1050. The van der Waals surface area contributed by atoms with Gasteiger partial charge in [0, 0.05) is 41.9 Å². The van der Waals surface area contributed by atoms with Crippen LogP contribution in [0.4, 0.5) is 10.1 Å². The van der Waals surface area contributed by atoms with E-state index in [1.165, 1.54) is 12.1 Å². The molecule has 1 fully saturated rings. The Morgan fingerprint density at radius 3 is 2.61 bits per heavy atom. The molecule has 1 N–H and O–H groups in total. The lowest BCUT2D eigenvalue weighted by Gasteiger charge is -2.50. The van der Waals surface area contributed by atoms with E-state index in [0.29, 0.717) is 24.5 Å². The molecule has 1 saturated heterocycles. The number of nitrogens with zero attached hydrogens (tertiary/aromatic N) is 2. The predicted octanol–water partition coefficient (Wildman–Crippen LogP) is 4.13. The first-order chi connectivity index (χ1) is 13.4. The molecule has 0 atom stereocenters. The number of hydrogen-bond acceptors (Lipinski definition) is 3. The summed E-state index contributed by atoms with van der Waals surface area (Å²) in [5, 5.41) is 4.25. The first-order valence-corrected chi connectivity index (χ1v) is 9.56. The number of halogens is 2. The molecule has 0 bridgehead atoms. The third-order valence-electron chi connectivity index (χ3n) is 5.37. The minimum atomic E-state index is -0.528. The van der Waals surface area contributed by atoms with Crippen LogP contribution in [0.1, 0.15) is 11.3 Å². The minimum Gasteiger partial charge on any atom is -0.369 e. The molecule has 0 radical (unpaired) electrons. The van der Waals surface area contributed by atoms with Gasteiger partial charge in [-0.1, -0.05) is 23.7 Å². The number of rotatable bonds is 4. The molecule has 3 aromatic rings. The van der Waals surface area contributed by atoms with Crippen LogP contribution in [0.15, 0.2) is 48.5 Å². The number of anilines is 1. The Hall–Kier alpha value is -2.66. The van der Waals surface area contributed by atoms with E-state index in [1.54, 1.807) is 13.1 Å². The molecule has 1 amide bonds. The highest BCUT2D eigenvalue weighted by molar-refractivity contribution is 6.30. The topological polar surface area (TPSA) is 45.2 Å². The van der Waals surface area contributed by atoms with E-state index in [1.807, 2.05) is 37.3 Å². The molecule has 0 saturated carbocycles. The highest BCUT2D eigenvalue weighted by Gasteiger charge is 2.49. The number of aryl methyl sites for hydroxylation is 1. The Morgan fingerprint density at radius 2 is 1.93 bits per heavy atom. The van der Waals surface area contributed by atoms with Crippen molar-refractivity contribution in [3.8, 4) is 0 Å². The summed E-state index contributed by atoms with van der Waals surface area (Å²) in [6.45, 7) is 3.04. The lowest BCUT2D eigenvalue weighted by Crippen LogP contribution is -2.64. The summed E-state index contributed by atoms with van der Waals surface area (Å²) in [7, 11) is 1.66. The molecule has 6 heteroatoms. The van der Waals surface area contributed by atoms with Crippen LogP contribution in [0.5, 0.6) is 0 Å². The Kier molecular flexibility index (Phi) is 4.71. The molecule has 0 spiro atoms. The van der Waals surface area contributed by atoms with Crippen molar-refractivity contribution in [2.45, 2.75) is 13.3 Å². The van der Waals surface area contributed by atoms with Crippen LogP contribution in [-0.2, 0) is 11.2 Å². The SMILES string of the molecule is CNC(=O)C1(Cc2ccc(Cl)cc2)CN(c2cc(C)nc3ccc(F)cc23)C1. The van der Waals surface area contributed by atoms with Gasteiger partial charge in [0.05, 0.1) is 10.9 Å². The summed E-state index contributed by atoms with van der Waals surface area (Å²) < 4.78 is 13.8. The first-order valence-electron chi connectivity index (χ1n) is 9.19. The molecule has 1 aliphatic rings. The number of fused-ring (bicyclic) bond motifs is 1. The summed E-state index contributed by atoms with van der Waals surface area (Å²) >= 11 is 5.98. The van der Waals surface area contributed by atoms with Crippen molar-refractivity contribution >= 4 is 34.1 Å². The average Bonchev–Trinajstić information content (AvgIpc) is 2.65. The maximum atomic E-state index is 13.8. The van der Waals surface area contributed by atoms with Gasteiger partial charge in [-0.15, -0.1) is 0 Å². The molecule has 144 valence electrons. The van der Waals surface area contributed by atoms with Crippen molar-refractivity contribution in [1.82, 2.24) is 10.3 Å². The molecule has 1 aromatic heterocycles. The smallest absolute Gasteiger partial charge is 0.229 e. The monoisotopic (exact) mass is 397 g/mol. The average molecular weight is 398 g/mol. The fourth-order valence-electron chi connectivity index (χ4n) is 4.02. The number of carbonyl (C=O) groups excluding carboxylic acids is 1. The first kappa shape index (κ1) is 18.7. The van der Waals surface area contributed by atoms with Gasteiger partial charge in [0.2, 0.25) is 5.91 Å². The van der Waals surface area contributed by atoms with Crippen molar-refractivity contribution in [3.63, 3.8) is 0 Å². The zero-order valence-electron chi connectivity index (χ0n) is 15.8. The van der Waals surface area contributed by atoms with Crippen molar-refractivity contribution < 1.29 is 9.18 Å². The van der Waals surface area contributed by atoms with E-state index in [-0.39, 0.29) is 11.7 Å². The number of hydrogen-bond donors (Lipinski definition) is 1. The second-order valence-corrected chi connectivity index (χ2v) is 7.90. The summed E-state index contributed by atoms with van der Waals surface area (Å²) in [5.41, 5.74) is 3.07. The molecular formula is C22H21ClFN3O. The summed E-state index contributed by atoms with van der Waals surface area (Å²) in [5.74, 6) is -0.279. The van der Waals surface area contributed by atoms with Gasteiger partial charge in [-0.3, -0.25) is 9.78 Å². The second kappa shape index (κ2) is 7.06. The van der Waals surface area contributed by atoms with Crippen LogP contribution in [-0.4, -0.2) is 31.0 Å². The number of pyridine rings is 1. The number of aromatic nitrogens is 1. The molecule has 28 heavy (non-hydrogen) atoms. The Balaban J connectivity index is 1.66. The third-order valence-corrected chi connectivity index (χ3v) is 5.62. The molecule has 0 unspecified atom stereocenters. The van der Waals surface area contributed by atoms with Crippen molar-refractivity contribution in [2.75, 3.05) is 25.0 Å². The Morgan fingerprint density at radius 1 is 1.21 bits per heavy atom. The molecule has 4 nitrogen and oxygen atoms in total. The normalized spacial score (nSPS) is 15.4. The van der Waals surface area contributed by atoms with E-state index in [2.05, 4.69) is 15.2 Å². The van der Waals surface area contributed by atoms with Gasteiger partial charge in [0.15, 0.2) is 0 Å². The van der Waals surface area contributed by atoms with E-state index >= 15 is 0 Å². The number of amides is 1. The quantitative estimate of drug-likeness (QED) is 0.720. The molecule has 1 aliphatic heterocycles. The Labute approximate surface area is 168 Å². The van der Waals surface area contributed by atoms with Gasteiger partial charge >= 0.3 is 0 Å². The summed E-state index contributed by atoms with van der Waals surface area (Å²) in [4.78, 5) is 19.3.